The molecule has 0 aliphatic carbocycles. The highest BCUT2D eigenvalue weighted by molar-refractivity contribution is 6.32. The van der Waals surface area contributed by atoms with Crippen molar-refractivity contribution < 1.29 is 9.53 Å². The number of halogens is 1. The summed E-state index contributed by atoms with van der Waals surface area (Å²) in [6.07, 6.45) is 1.57. The van der Waals surface area contributed by atoms with Crippen LogP contribution in [0.1, 0.15) is 29.0 Å². The molecular weight excluding hydrogens is 338 g/mol. The Morgan fingerprint density at radius 2 is 1.88 bits per heavy atom. The van der Waals surface area contributed by atoms with Crippen LogP contribution in [0.3, 0.4) is 0 Å². The van der Waals surface area contributed by atoms with E-state index < -0.39 is 0 Å². The third kappa shape index (κ3) is 4.19. The number of rotatable bonds is 6. The van der Waals surface area contributed by atoms with Crippen LogP contribution < -0.4 is 10.1 Å². The molecule has 5 nitrogen and oxygen atoms in total. The lowest BCUT2D eigenvalue weighted by molar-refractivity contribution is 0.0918. The number of nitrogens with one attached hydrogen (secondary N) is 1. The SMILES string of the molecule is CC(NC(=O)c1ccnn1COc1ccccc1Cl)c1ccccc1. The molecule has 0 spiro atoms. The van der Waals surface area contributed by atoms with Crippen molar-refractivity contribution in [1.82, 2.24) is 15.1 Å². The number of nitrogens with zero attached hydrogens (tertiary/aromatic N) is 2. The Hall–Kier alpha value is -2.79. The molecule has 1 atom stereocenters. The Balaban J connectivity index is 1.66. The van der Waals surface area contributed by atoms with E-state index in [2.05, 4.69) is 10.4 Å². The number of para-hydroxylation sites is 1. The molecule has 25 heavy (non-hydrogen) atoms. The Morgan fingerprint density at radius 3 is 2.64 bits per heavy atom. The van der Waals surface area contributed by atoms with Gasteiger partial charge in [-0.1, -0.05) is 54.1 Å². The number of carbonyl (C=O) groups excluding carboxylic acids is 1. The van der Waals surface area contributed by atoms with Gasteiger partial charge in [0.15, 0.2) is 6.73 Å². The summed E-state index contributed by atoms with van der Waals surface area (Å²) in [5, 5.41) is 7.63. The van der Waals surface area contributed by atoms with Crippen LogP contribution in [-0.2, 0) is 6.73 Å². The quantitative estimate of drug-likeness (QED) is 0.725. The minimum Gasteiger partial charge on any atom is -0.470 e. The fourth-order valence-electron chi connectivity index (χ4n) is 2.42. The Kier molecular flexibility index (Phi) is 5.36. The third-order valence-electron chi connectivity index (χ3n) is 3.78. The molecule has 1 amide bonds. The fourth-order valence-corrected chi connectivity index (χ4v) is 2.61. The standard InChI is InChI=1S/C19H18ClN3O2/c1-14(15-7-3-2-4-8-15)22-19(24)17-11-12-21-23(17)13-25-18-10-6-5-9-16(18)20/h2-12,14H,13H2,1H3,(H,22,24). The molecule has 128 valence electrons. The lowest BCUT2D eigenvalue weighted by atomic mass is 10.1. The predicted octanol–water partition coefficient (Wildman–Crippen LogP) is 4.06. The van der Waals surface area contributed by atoms with Crippen LogP contribution in [-0.4, -0.2) is 15.7 Å². The highest BCUT2D eigenvalue weighted by atomic mass is 35.5. The lowest BCUT2D eigenvalue weighted by Gasteiger charge is -2.15. The molecule has 0 saturated carbocycles. The number of benzene rings is 2. The molecule has 3 aromatic rings. The summed E-state index contributed by atoms with van der Waals surface area (Å²) >= 11 is 6.07. The molecule has 1 heterocycles. The molecule has 6 heteroatoms. The summed E-state index contributed by atoms with van der Waals surface area (Å²) in [4.78, 5) is 12.5. The van der Waals surface area contributed by atoms with Gasteiger partial charge in [-0.3, -0.25) is 4.79 Å². The first-order valence-corrected chi connectivity index (χ1v) is 8.28. The van der Waals surface area contributed by atoms with E-state index in [1.807, 2.05) is 49.4 Å². The van der Waals surface area contributed by atoms with E-state index in [0.717, 1.165) is 5.56 Å². The first kappa shape index (κ1) is 17.0. The minimum absolute atomic E-state index is 0.0964. The molecule has 0 aliphatic rings. The average Bonchev–Trinajstić information content (AvgIpc) is 3.10. The van der Waals surface area contributed by atoms with Crippen molar-refractivity contribution in [2.45, 2.75) is 19.7 Å². The van der Waals surface area contributed by atoms with Crippen molar-refractivity contribution in [3.8, 4) is 5.75 Å². The van der Waals surface area contributed by atoms with Crippen molar-refractivity contribution in [2.75, 3.05) is 0 Å². The maximum atomic E-state index is 12.5. The Morgan fingerprint density at radius 1 is 1.16 bits per heavy atom. The first-order chi connectivity index (χ1) is 12.1. The monoisotopic (exact) mass is 355 g/mol. The van der Waals surface area contributed by atoms with Gasteiger partial charge in [-0.25, -0.2) is 4.68 Å². The second-order valence-electron chi connectivity index (χ2n) is 5.53. The number of hydrogen-bond acceptors (Lipinski definition) is 3. The summed E-state index contributed by atoms with van der Waals surface area (Å²) in [5.41, 5.74) is 1.46. The number of hydrogen-bond donors (Lipinski definition) is 1. The van der Waals surface area contributed by atoms with Gasteiger partial charge in [0, 0.05) is 6.20 Å². The molecule has 0 fully saturated rings. The summed E-state index contributed by atoms with van der Waals surface area (Å²) in [6.45, 7) is 2.04. The van der Waals surface area contributed by atoms with Gasteiger partial charge in [-0.2, -0.15) is 5.10 Å². The number of amides is 1. The molecule has 0 bridgehead atoms. The summed E-state index contributed by atoms with van der Waals surface area (Å²) in [7, 11) is 0. The normalized spacial score (nSPS) is 11.8. The topological polar surface area (TPSA) is 56.2 Å². The molecule has 1 N–H and O–H groups in total. The van der Waals surface area contributed by atoms with Gasteiger partial charge in [0.2, 0.25) is 0 Å². The first-order valence-electron chi connectivity index (χ1n) is 7.90. The molecule has 0 aliphatic heterocycles. The second kappa shape index (κ2) is 7.85. The van der Waals surface area contributed by atoms with Crippen LogP contribution in [0.25, 0.3) is 0 Å². The highest BCUT2D eigenvalue weighted by Crippen LogP contribution is 2.23. The van der Waals surface area contributed by atoms with E-state index >= 15 is 0 Å². The van der Waals surface area contributed by atoms with Crippen molar-refractivity contribution in [3.05, 3.63) is 83.1 Å². The zero-order valence-electron chi connectivity index (χ0n) is 13.7. The molecule has 1 aromatic heterocycles. The van der Waals surface area contributed by atoms with E-state index in [1.54, 1.807) is 24.4 Å². The second-order valence-corrected chi connectivity index (χ2v) is 5.93. The van der Waals surface area contributed by atoms with E-state index in [0.29, 0.717) is 16.5 Å². The van der Waals surface area contributed by atoms with Gasteiger partial charge >= 0.3 is 0 Å². The lowest BCUT2D eigenvalue weighted by Crippen LogP contribution is -2.29. The van der Waals surface area contributed by atoms with E-state index in [-0.39, 0.29) is 18.7 Å². The zero-order valence-corrected chi connectivity index (χ0v) is 14.5. The number of ether oxygens (including phenoxy) is 1. The number of carbonyl (C=O) groups is 1. The van der Waals surface area contributed by atoms with Crippen molar-refractivity contribution in [2.24, 2.45) is 0 Å². The predicted molar refractivity (Wildman–Crippen MR) is 96.6 cm³/mol. The van der Waals surface area contributed by atoms with Gasteiger partial charge in [0.05, 0.1) is 11.1 Å². The summed E-state index contributed by atoms with van der Waals surface area (Å²) < 4.78 is 7.15. The van der Waals surface area contributed by atoms with E-state index in [9.17, 15) is 4.79 Å². The minimum atomic E-state index is -0.211. The Bertz CT molecular complexity index is 849. The van der Waals surface area contributed by atoms with Crippen molar-refractivity contribution in [3.63, 3.8) is 0 Å². The molecule has 1 unspecified atom stereocenters. The van der Waals surface area contributed by atoms with Crippen LogP contribution in [0.2, 0.25) is 5.02 Å². The smallest absolute Gasteiger partial charge is 0.270 e. The number of aromatic nitrogens is 2. The van der Waals surface area contributed by atoms with Gasteiger partial charge in [0.25, 0.3) is 5.91 Å². The molecule has 0 saturated heterocycles. The van der Waals surface area contributed by atoms with Crippen LogP contribution in [0.4, 0.5) is 0 Å². The molecule has 3 rings (SSSR count). The van der Waals surface area contributed by atoms with E-state index in [4.69, 9.17) is 16.3 Å². The van der Waals surface area contributed by atoms with E-state index in [1.165, 1.54) is 4.68 Å². The fraction of sp³-hybridized carbons (Fsp3) is 0.158. The zero-order chi connectivity index (χ0) is 17.6. The largest absolute Gasteiger partial charge is 0.470 e. The average molecular weight is 356 g/mol. The van der Waals surface area contributed by atoms with Crippen LogP contribution in [0.5, 0.6) is 5.75 Å². The highest BCUT2D eigenvalue weighted by Gasteiger charge is 2.16. The van der Waals surface area contributed by atoms with Crippen LogP contribution in [0.15, 0.2) is 66.9 Å². The molecule has 0 radical (unpaired) electrons. The van der Waals surface area contributed by atoms with Gasteiger partial charge in [-0.15, -0.1) is 0 Å². The maximum absolute atomic E-state index is 12.5. The summed E-state index contributed by atoms with van der Waals surface area (Å²) in [6, 6.07) is 18.5. The summed E-state index contributed by atoms with van der Waals surface area (Å²) in [5.74, 6) is 0.334. The van der Waals surface area contributed by atoms with Gasteiger partial charge in [-0.05, 0) is 30.7 Å². The maximum Gasteiger partial charge on any atom is 0.270 e. The van der Waals surface area contributed by atoms with Crippen LogP contribution >= 0.6 is 11.6 Å². The Labute approximate surface area is 151 Å². The van der Waals surface area contributed by atoms with Gasteiger partial charge < -0.3 is 10.1 Å². The molecular formula is C19H18ClN3O2. The van der Waals surface area contributed by atoms with Crippen molar-refractivity contribution in [1.29, 1.82) is 0 Å². The van der Waals surface area contributed by atoms with Gasteiger partial charge in [0.1, 0.15) is 11.4 Å². The van der Waals surface area contributed by atoms with Crippen LogP contribution in [0, 0.1) is 0 Å². The third-order valence-corrected chi connectivity index (χ3v) is 4.09. The molecule has 2 aromatic carbocycles. The van der Waals surface area contributed by atoms with Crippen molar-refractivity contribution >= 4 is 17.5 Å².